The highest BCUT2D eigenvalue weighted by Gasteiger charge is 2.29. The summed E-state index contributed by atoms with van der Waals surface area (Å²) >= 11 is 0. The fourth-order valence-corrected chi connectivity index (χ4v) is 2.81. The van der Waals surface area contributed by atoms with Crippen LogP contribution in [-0.4, -0.2) is 18.2 Å². The number of hydrogen-bond acceptors (Lipinski definition) is 4. The monoisotopic (exact) mass is 301 g/mol. The number of aliphatic hydroxyl groups excluding tert-OH is 1. The number of hydrogen-bond donors (Lipinski definition) is 4. The maximum absolute atomic E-state index is 14.0. The van der Waals surface area contributed by atoms with E-state index < -0.39 is 0 Å². The molecule has 22 heavy (non-hydrogen) atoms. The summed E-state index contributed by atoms with van der Waals surface area (Å²) in [7, 11) is 0. The topological polar surface area (TPSA) is 56.3 Å². The Labute approximate surface area is 129 Å². The van der Waals surface area contributed by atoms with Crippen molar-refractivity contribution in [3.8, 4) is 0 Å². The second-order valence-corrected chi connectivity index (χ2v) is 5.52. The zero-order chi connectivity index (χ0) is 15.4. The summed E-state index contributed by atoms with van der Waals surface area (Å²) in [6, 6.07) is 14.5. The molecule has 0 aromatic heterocycles. The lowest BCUT2D eigenvalue weighted by atomic mass is 9.94. The van der Waals surface area contributed by atoms with E-state index in [1.54, 1.807) is 6.07 Å². The Hall–Kier alpha value is -1.95. The molecule has 0 amide bonds. The Balaban J connectivity index is 1.68. The fourth-order valence-electron chi connectivity index (χ4n) is 2.81. The van der Waals surface area contributed by atoms with E-state index in [1.807, 2.05) is 36.4 Å². The smallest absolute Gasteiger partial charge is 0.128 e. The van der Waals surface area contributed by atoms with Crippen LogP contribution in [0.1, 0.15) is 17.2 Å². The molecule has 4 N–H and O–H groups in total. The van der Waals surface area contributed by atoms with Crippen LogP contribution in [0, 0.1) is 11.7 Å². The van der Waals surface area contributed by atoms with E-state index >= 15 is 0 Å². The van der Waals surface area contributed by atoms with Crippen LogP contribution in [0.15, 0.2) is 48.5 Å². The fraction of sp³-hybridized carbons (Fsp3) is 0.294. The molecule has 0 radical (unpaired) electrons. The molecular weight excluding hydrogens is 281 g/mol. The molecule has 0 spiro atoms. The highest BCUT2D eigenvalue weighted by molar-refractivity contribution is 5.45. The number of aliphatic hydroxyl groups is 1. The number of nitrogens with one attached hydrogen (secondary N) is 3. The molecule has 0 aliphatic carbocycles. The maximum Gasteiger partial charge on any atom is 0.128 e. The number of benzene rings is 2. The van der Waals surface area contributed by atoms with E-state index in [2.05, 4.69) is 16.2 Å². The van der Waals surface area contributed by atoms with Crippen molar-refractivity contribution in [3.63, 3.8) is 0 Å². The first-order valence-corrected chi connectivity index (χ1v) is 7.44. The van der Waals surface area contributed by atoms with Gasteiger partial charge in [-0.3, -0.25) is 5.43 Å². The molecule has 1 saturated heterocycles. The van der Waals surface area contributed by atoms with Crippen LogP contribution in [0.3, 0.4) is 0 Å². The van der Waals surface area contributed by atoms with Gasteiger partial charge >= 0.3 is 0 Å². The van der Waals surface area contributed by atoms with Gasteiger partial charge in [0.05, 0.1) is 12.6 Å². The van der Waals surface area contributed by atoms with Crippen molar-refractivity contribution in [2.75, 3.05) is 18.4 Å². The van der Waals surface area contributed by atoms with Gasteiger partial charge in [0.25, 0.3) is 0 Å². The summed E-state index contributed by atoms with van der Waals surface area (Å²) in [5.74, 6) is 0.0469. The van der Waals surface area contributed by atoms with Gasteiger partial charge in [-0.1, -0.05) is 30.3 Å². The third-order valence-corrected chi connectivity index (χ3v) is 4.01. The molecule has 2 aromatic carbocycles. The van der Waals surface area contributed by atoms with Gasteiger partial charge in [0.15, 0.2) is 0 Å². The molecule has 1 aliphatic rings. The molecule has 1 fully saturated rings. The second-order valence-electron chi connectivity index (χ2n) is 5.52. The lowest BCUT2D eigenvalue weighted by molar-refractivity contribution is 0.282. The minimum atomic E-state index is -0.184. The van der Waals surface area contributed by atoms with Gasteiger partial charge in [0.1, 0.15) is 5.82 Å². The van der Waals surface area contributed by atoms with Gasteiger partial charge in [0.2, 0.25) is 0 Å². The van der Waals surface area contributed by atoms with Crippen molar-refractivity contribution in [3.05, 3.63) is 65.5 Å². The van der Waals surface area contributed by atoms with Crippen LogP contribution in [0.2, 0.25) is 0 Å². The van der Waals surface area contributed by atoms with Crippen molar-refractivity contribution >= 4 is 5.69 Å². The van der Waals surface area contributed by atoms with Crippen LogP contribution in [0.4, 0.5) is 10.1 Å². The number of rotatable bonds is 5. The molecule has 3 rings (SSSR count). The molecule has 0 bridgehead atoms. The zero-order valence-corrected chi connectivity index (χ0v) is 12.2. The summed E-state index contributed by atoms with van der Waals surface area (Å²) in [4.78, 5) is 0. The zero-order valence-electron chi connectivity index (χ0n) is 12.2. The third-order valence-electron chi connectivity index (χ3n) is 4.01. The summed E-state index contributed by atoms with van der Waals surface area (Å²) in [6.45, 7) is 1.51. The van der Waals surface area contributed by atoms with Gasteiger partial charge in [-0.05, 0) is 23.8 Å². The maximum atomic E-state index is 14.0. The van der Waals surface area contributed by atoms with E-state index in [0.29, 0.717) is 12.1 Å². The van der Waals surface area contributed by atoms with E-state index in [-0.39, 0.29) is 24.4 Å². The first-order chi connectivity index (χ1) is 10.8. The van der Waals surface area contributed by atoms with Gasteiger partial charge in [-0.2, -0.15) is 0 Å². The molecule has 116 valence electrons. The van der Waals surface area contributed by atoms with Crippen LogP contribution < -0.4 is 16.2 Å². The minimum Gasteiger partial charge on any atom is -0.392 e. The summed E-state index contributed by atoms with van der Waals surface area (Å²) in [5.41, 5.74) is 8.78. The number of hydrazine groups is 1. The normalized spacial score (nSPS) is 21.0. The molecule has 4 nitrogen and oxygen atoms in total. The van der Waals surface area contributed by atoms with Gasteiger partial charge in [-0.25, -0.2) is 9.82 Å². The second kappa shape index (κ2) is 6.87. The predicted octanol–water partition coefficient (Wildman–Crippen LogP) is 2.20. The van der Waals surface area contributed by atoms with Crippen molar-refractivity contribution < 1.29 is 9.50 Å². The number of halogens is 1. The van der Waals surface area contributed by atoms with E-state index in [1.165, 1.54) is 6.07 Å². The van der Waals surface area contributed by atoms with Crippen molar-refractivity contribution in [1.82, 2.24) is 10.9 Å². The summed E-state index contributed by atoms with van der Waals surface area (Å²) in [5, 5.41) is 12.5. The highest BCUT2D eigenvalue weighted by atomic mass is 19.1. The van der Waals surface area contributed by atoms with Gasteiger partial charge < -0.3 is 10.4 Å². The number of anilines is 1. The SMILES string of the molecule is OCc1cccc(NCC2CNNC2c2ccccc2F)c1. The van der Waals surface area contributed by atoms with E-state index in [0.717, 1.165) is 17.8 Å². The Kier molecular flexibility index (Phi) is 4.68. The van der Waals surface area contributed by atoms with Gasteiger partial charge in [-0.15, -0.1) is 0 Å². The van der Waals surface area contributed by atoms with Crippen molar-refractivity contribution in [2.24, 2.45) is 5.92 Å². The first kappa shape index (κ1) is 15.0. The Morgan fingerprint density at radius 2 is 2.05 bits per heavy atom. The molecule has 0 saturated carbocycles. The van der Waals surface area contributed by atoms with Crippen molar-refractivity contribution in [2.45, 2.75) is 12.6 Å². The van der Waals surface area contributed by atoms with Gasteiger partial charge in [0, 0.05) is 30.3 Å². The molecular formula is C17H20FN3O. The highest BCUT2D eigenvalue weighted by Crippen LogP contribution is 2.27. The van der Waals surface area contributed by atoms with Crippen LogP contribution in [0.5, 0.6) is 0 Å². The minimum absolute atomic E-state index is 0.0277. The molecule has 2 atom stereocenters. The average molecular weight is 301 g/mol. The van der Waals surface area contributed by atoms with E-state index in [4.69, 9.17) is 0 Å². The Morgan fingerprint density at radius 1 is 1.18 bits per heavy atom. The molecule has 2 unspecified atom stereocenters. The molecule has 5 heteroatoms. The lowest BCUT2D eigenvalue weighted by Gasteiger charge is -2.20. The molecule has 1 heterocycles. The van der Waals surface area contributed by atoms with Crippen molar-refractivity contribution in [1.29, 1.82) is 0 Å². The van der Waals surface area contributed by atoms with Crippen LogP contribution >= 0.6 is 0 Å². The Morgan fingerprint density at radius 3 is 2.86 bits per heavy atom. The summed E-state index contributed by atoms with van der Waals surface area (Å²) in [6.07, 6.45) is 0. The average Bonchev–Trinajstić information content (AvgIpc) is 3.02. The molecule has 2 aromatic rings. The predicted molar refractivity (Wildman–Crippen MR) is 84.6 cm³/mol. The Bertz CT molecular complexity index is 635. The quantitative estimate of drug-likeness (QED) is 0.684. The largest absolute Gasteiger partial charge is 0.392 e. The first-order valence-electron chi connectivity index (χ1n) is 7.44. The standard InChI is InChI=1S/C17H20FN3O/c18-16-7-2-1-6-15(16)17-13(10-20-21-17)9-19-14-5-3-4-12(8-14)11-22/h1-8,13,17,19-22H,9-11H2. The van der Waals surface area contributed by atoms with Crippen LogP contribution in [0.25, 0.3) is 0 Å². The van der Waals surface area contributed by atoms with E-state index in [9.17, 15) is 9.50 Å². The van der Waals surface area contributed by atoms with Crippen LogP contribution in [-0.2, 0) is 6.61 Å². The summed E-state index contributed by atoms with van der Waals surface area (Å²) < 4.78 is 14.0. The third kappa shape index (κ3) is 3.27. The molecule has 1 aliphatic heterocycles. The lowest BCUT2D eigenvalue weighted by Crippen LogP contribution is -2.26.